The predicted molar refractivity (Wildman–Crippen MR) is 95.0 cm³/mol. The Labute approximate surface area is 142 Å². The van der Waals surface area contributed by atoms with Gasteiger partial charge in [-0.05, 0) is 54.6 Å². The smallest absolute Gasteiger partial charge is 0.119 e. The summed E-state index contributed by atoms with van der Waals surface area (Å²) < 4.78 is 5.36. The quantitative estimate of drug-likeness (QED) is 0.878. The first-order valence-corrected chi connectivity index (χ1v) is 8.67. The fraction of sp³-hybridized carbons (Fsp3) is 0.450. The van der Waals surface area contributed by atoms with Gasteiger partial charge in [0.15, 0.2) is 0 Å². The number of hydrogen-bond donors (Lipinski definition) is 1. The van der Waals surface area contributed by atoms with E-state index >= 15 is 0 Å². The van der Waals surface area contributed by atoms with E-state index in [4.69, 9.17) is 4.74 Å². The number of aliphatic hydroxyl groups is 1. The number of piperidine rings is 3. The summed E-state index contributed by atoms with van der Waals surface area (Å²) >= 11 is 0. The molecular formula is C20H24N2O2. The monoisotopic (exact) mass is 324 g/mol. The molecule has 4 nitrogen and oxygen atoms in total. The van der Waals surface area contributed by atoms with Gasteiger partial charge in [-0.15, -0.1) is 6.58 Å². The number of fused-ring (bicyclic) bond motifs is 4. The second-order valence-corrected chi connectivity index (χ2v) is 7.00. The van der Waals surface area contributed by atoms with E-state index in [1.165, 1.54) is 0 Å². The summed E-state index contributed by atoms with van der Waals surface area (Å²) in [5, 5.41) is 12.2. The molecule has 2 aromatic rings. The Kier molecular flexibility index (Phi) is 4.02. The zero-order chi connectivity index (χ0) is 16.7. The molecule has 24 heavy (non-hydrogen) atoms. The van der Waals surface area contributed by atoms with Crippen LogP contribution in [-0.2, 0) is 0 Å². The molecule has 1 aromatic heterocycles. The van der Waals surface area contributed by atoms with Gasteiger partial charge in [-0.1, -0.05) is 6.08 Å². The molecule has 0 spiro atoms. The Balaban J connectivity index is 1.73. The van der Waals surface area contributed by atoms with Crippen molar-refractivity contribution in [1.29, 1.82) is 0 Å². The fourth-order valence-corrected chi connectivity index (χ4v) is 4.55. The van der Waals surface area contributed by atoms with Crippen LogP contribution in [0.2, 0.25) is 0 Å². The van der Waals surface area contributed by atoms with Crippen molar-refractivity contribution in [3.05, 3.63) is 48.7 Å². The molecule has 1 N–H and O–H groups in total. The van der Waals surface area contributed by atoms with Crippen LogP contribution in [0.5, 0.6) is 5.75 Å². The van der Waals surface area contributed by atoms with E-state index in [9.17, 15) is 5.11 Å². The first-order chi connectivity index (χ1) is 11.7. The number of methoxy groups -OCH3 is 1. The maximum absolute atomic E-state index is 11.2. The van der Waals surface area contributed by atoms with Gasteiger partial charge in [0.05, 0.1) is 18.7 Å². The second kappa shape index (κ2) is 6.19. The summed E-state index contributed by atoms with van der Waals surface area (Å²) in [5.41, 5.74) is 1.86. The molecule has 3 saturated heterocycles. The van der Waals surface area contributed by atoms with E-state index in [-0.39, 0.29) is 5.92 Å². The zero-order valence-electron chi connectivity index (χ0n) is 14.1. The largest absolute Gasteiger partial charge is 0.497 e. The third kappa shape index (κ3) is 2.50. The van der Waals surface area contributed by atoms with E-state index in [0.29, 0.717) is 11.8 Å². The molecule has 2 bridgehead atoms. The number of ether oxygens (including phenoxy) is 1. The van der Waals surface area contributed by atoms with E-state index in [1.807, 2.05) is 24.3 Å². The van der Waals surface area contributed by atoms with Gasteiger partial charge in [-0.3, -0.25) is 4.98 Å². The summed E-state index contributed by atoms with van der Waals surface area (Å²) in [7, 11) is 1.66. The molecule has 4 heteroatoms. The van der Waals surface area contributed by atoms with Crippen LogP contribution in [0.4, 0.5) is 0 Å². The van der Waals surface area contributed by atoms with Crippen LogP contribution in [0.25, 0.3) is 10.9 Å². The highest BCUT2D eigenvalue weighted by Gasteiger charge is 2.43. The third-order valence-electron chi connectivity index (χ3n) is 5.83. The number of aliphatic hydroxyl groups excluding tert-OH is 1. The summed E-state index contributed by atoms with van der Waals surface area (Å²) in [4.78, 5) is 6.89. The molecule has 0 aliphatic carbocycles. The Morgan fingerprint density at radius 1 is 1.38 bits per heavy atom. The normalized spacial score (nSPS) is 30.2. The van der Waals surface area contributed by atoms with Crippen molar-refractivity contribution in [2.45, 2.75) is 12.5 Å². The molecule has 5 rings (SSSR count). The predicted octanol–water partition coefficient (Wildman–Crippen LogP) is 3.03. The van der Waals surface area contributed by atoms with Crippen LogP contribution in [0.3, 0.4) is 0 Å². The van der Waals surface area contributed by atoms with Gasteiger partial charge < -0.3 is 14.7 Å². The highest BCUT2D eigenvalue weighted by atomic mass is 16.5. The van der Waals surface area contributed by atoms with Crippen LogP contribution < -0.4 is 4.74 Å². The van der Waals surface area contributed by atoms with E-state index < -0.39 is 6.10 Å². The number of aromatic nitrogens is 1. The molecule has 3 fully saturated rings. The summed E-state index contributed by atoms with van der Waals surface area (Å²) in [6, 6.07) is 7.79. The van der Waals surface area contributed by atoms with Crippen molar-refractivity contribution < 1.29 is 9.84 Å². The van der Waals surface area contributed by atoms with Crippen molar-refractivity contribution in [3.63, 3.8) is 0 Å². The topological polar surface area (TPSA) is 45.6 Å². The van der Waals surface area contributed by atoms with E-state index in [1.54, 1.807) is 13.3 Å². The molecule has 1 aromatic carbocycles. The van der Waals surface area contributed by atoms with Gasteiger partial charge in [0.25, 0.3) is 0 Å². The molecule has 1 unspecified atom stereocenters. The highest BCUT2D eigenvalue weighted by Crippen LogP contribution is 2.44. The minimum Gasteiger partial charge on any atom is -0.497 e. The molecular weight excluding hydrogens is 300 g/mol. The number of nitrogens with zero attached hydrogens (tertiary/aromatic N) is 2. The van der Waals surface area contributed by atoms with Crippen molar-refractivity contribution in [3.8, 4) is 5.75 Å². The maximum atomic E-state index is 11.2. The number of pyridine rings is 1. The van der Waals surface area contributed by atoms with Gasteiger partial charge in [0.1, 0.15) is 5.75 Å². The van der Waals surface area contributed by atoms with Crippen molar-refractivity contribution in [2.75, 3.05) is 26.7 Å². The minimum absolute atomic E-state index is 0.243. The van der Waals surface area contributed by atoms with Gasteiger partial charge in [0.2, 0.25) is 0 Å². The Bertz CT molecular complexity index is 760. The third-order valence-corrected chi connectivity index (χ3v) is 5.83. The summed E-state index contributed by atoms with van der Waals surface area (Å²) in [5.74, 6) is 2.03. The molecule has 126 valence electrons. The number of benzene rings is 1. The number of rotatable bonds is 4. The molecule has 3 aliphatic rings. The molecule has 0 saturated carbocycles. The average molecular weight is 324 g/mol. The summed E-state index contributed by atoms with van der Waals surface area (Å²) in [6.07, 6.45) is 4.52. The number of hydrogen-bond acceptors (Lipinski definition) is 4. The van der Waals surface area contributed by atoms with Crippen LogP contribution in [-0.4, -0.2) is 41.7 Å². The second-order valence-electron chi connectivity index (χ2n) is 7.00. The van der Waals surface area contributed by atoms with Crippen LogP contribution >= 0.6 is 0 Å². The lowest BCUT2D eigenvalue weighted by Crippen LogP contribution is -2.53. The van der Waals surface area contributed by atoms with Crippen molar-refractivity contribution in [1.82, 2.24) is 9.88 Å². The zero-order valence-corrected chi connectivity index (χ0v) is 14.1. The maximum Gasteiger partial charge on any atom is 0.119 e. The average Bonchev–Trinajstić information content (AvgIpc) is 2.66. The first kappa shape index (κ1) is 15.6. The van der Waals surface area contributed by atoms with Crippen LogP contribution in [0.15, 0.2) is 43.1 Å². The van der Waals surface area contributed by atoms with Gasteiger partial charge >= 0.3 is 0 Å². The van der Waals surface area contributed by atoms with Gasteiger partial charge in [-0.25, -0.2) is 0 Å². The Hall–Kier alpha value is -1.91. The summed E-state index contributed by atoms with van der Waals surface area (Å²) in [6.45, 7) is 7.20. The van der Waals surface area contributed by atoms with Crippen LogP contribution in [0, 0.1) is 17.8 Å². The fourth-order valence-electron chi connectivity index (χ4n) is 4.55. The van der Waals surface area contributed by atoms with Crippen molar-refractivity contribution >= 4 is 10.9 Å². The lowest BCUT2D eigenvalue weighted by atomic mass is 9.69. The van der Waals surface area contributed by atoms with Crippen molar-refractivity contribution in [2.24, 2.45) is 17.8 Å². The molecule has 4 heterocycles. The lowest BCUT2D eigenvalue weighted by molar-refractivity contribution is -0.0472. The van der Waals surface area contributed by atoms with Crippen LogP contribution in [0.1, 0.15) is 18.1 Å². The molecule has 3 aliphatic heterocycles. The van der Waals surface area contributed by atoms with Gasteiger partial charge in [0, 0.05) is 30.6 Å². The molecule has 0 radical (unpaired) electrons. The standard InChI is InChI=1S/C20H24N2O2/c1-3-13-11-22-9-7-15(13)18(12-22)20(23)16-6-8-21-19-5-4-14(24-2)10-17(16)19/h3-6,8,10,13,15,18,20,23H,1,7,9,11-12H2,2H3/t13-,15-,18-,20-/m1/s1. The first-order valence-electron chi connectivity index (χ1n) is 8.67. The SMILES string of the molecule is C=C[C@@H]1CN2CC[C@H]1[C@H]([C@H](O)c1ccnc3ccc(OC)cc13)C2. The minimum atomic E-state index is -0.488. The van der Waals surface area contributed by atoms with Gasteiger partial charge in [-0.2, -0.15) is 0 Å². The molecule has 0 amide bonds. The highest BCUT2D eigenvalue weighted by molar-refractivity contribution is 5.83. The lowest BCUT2D eigenvalue weighted by Gasteiger charge is -2.50. The Morgan fingerprint density at radius 2 is 2.25 bits per heavy atom. The van der Waals surface area contributed by atoms with E-state index in [2.05, 4.69) is 22.5 Å². The molecule has 5 atom stereocenters. The van der Waals surface area contributed by atoms with E-state index in [0.717, 1.165) is 48.3 Å². The Morgan fingerprint density at radius 3 is 3.00 bits per heavy atom.